The van der Waals surface area contributed by atoms with Gasteiger partial charge in [0.25, 0.3) is 0 Å². The first-order chi connectivity index (χ1) is 10.3. The number of anilines is 1. The van der Waals surface area contributed by atoms with Crippen LogP contribution in [0.15, 0.2) is 35.7 Å². The zero-order valence-electron chi connectivity index (χ0n) is 11.8. The molecule has 108 valence electrons. The Labute approximate surface area is 126 Å². The number of hydrogen-bond acceptors (Lipinski definition) is 4. The minimum Gasteiger partial charge on any atom is -0.369 e. The molecule has 3 rings (SSSR count). The molecule has 3 aromatic rings. The fourth-order valence-corrected chi connectivity index (χ4v) is 2.95. The standard InChI is InChI=1S/C16H16FN3S/c1-2-8-18-15-12-7-9-21-16(12)20-14(19-15)10-11-5-3-4-6-13(11)17/h3-7,9H,2,8,10H2,1H3,(H,18,19,20). The number of halogens is 1. The quantitative estimate of drug-likeness (QED) is 0.766. The summed E-state index contributed by atoms with van der Waals surface area (Å²) in [6.07, 6.45) is 1.43. The van der Waals surface area contributed by atoms with Crippen LogP contribution in [0.5, 0.6) is 0 Å². The molecule has 2 aromatic heterocycles. The summed E-state index contributed by atoms with van der Waals surface area (Å²) in [5.74, 6) is 1.28. The molecule has 0 saturated carbocycles. The van der Waals surface area contributed by atoms with Crippen LogP contribution in [0.1, 0.15) is 24.7 Å². The van der Waals surface area contributed by atoms with Crippen molar-refractivity contribution in [3.63, 3.8) is 0 Å². The minimum absolute atomic E-state index is 0.213. The highest BCUT2D eigenvalue weighted by atomic mass is 32.1. The summed E-state index contributed by atoms with van der Waals surface area (Å²) in [5, 5.41) is 6.36. The summed E-state index contributed by atoms with van der Waals surface area (Å²) < 4.78 is 13.8. The SMILES string of the molecule is CCCNc1nc(Cc2ccccc2F)nc2sccc12. The molecule has 1 N–H and O–H groups in total. The van der Waals surface area contributed by atoms with Crippen LogP contribution < -0.4 is 5.32 Å². The molecule has 0 saturated heterocycles. The Morgan fingerprint density at radius 3 is 2.86 bits per heavy atom. The van der Waals surface area contributed by atoms with Crippen molar-refractivity contribution in [1.29, 1.82) is 0 Å². The molecule has 0 aliphatic heterocycles. The van der Waals surface area contributed by atoms with Gasteiger partial charge in [-0.05, 0) is 29.5 Å². The van der Waals surface area contributed by atoms with Gasteiger partial charge in [0.2, 0.25) is 0 Å². The Morgan fingerprint density at radius 2 is 2.05 bits per heavy atom. The van der Waals surface area contributed by atoms with Crippen molar-refractivity contribution in [3.8, 4) is 0 Å². The maximum atomic E-state index is 13.8. The summed E-state index contributed by atoms with van der Waals surface area (Å²) in [7, 11) is 0. The van der Waals surface area contributed by atoms with Crippen molar-refractivity contribution < 1.29 is 4.39 Å². The van der Waals surface area contributed by atoms with Crippen LogP contribution in [0.2, 0.25) is 0 Å². The molecule has 0 spiro atoms. The van der Waals surface area contributed by atoms with Crippen molar-refractivity contribution in [2.75, 3.05) is 11.9 Å². The first-order valence-electron chi connectivity index (χ1n) is 6.99. The van der Waals surface area contributed by atoms with E-state index in [4.69, 9.17) is 0 Å². The second-order valence-electron chi connectivity index (χ2n) is 4.82. The topological polar surface area (TPSA) is 37.8 Å². The second-order valence-corrected chi connectivity index (χ2v) is 5.72. The highest BCUT2D eigenvalue weighted by molar-refractivity contribution is 7.16. The van der Waals surface area contributed by atoms with Gasteiger partial charge in [0.05, 0.1) is 5.39 Å². The summed E-state index contributed by atoms with van der Waals surface area (Å²) in [6, 6.07) is 8.78. The third-order valence-corrected chi connectivity index (χ3v) is 4.03. The van der Waals surface area contributed by atoms with E-state index in [1.54, 1.807) is 23.5 Å². The second kappa shape index (κ2) is 6.18. The third kappa shape index (κ3) is 3.03. The maximum absolute atomic E-state index is 13.8. The van der Waals surface area contributed by atoms with E-state index in [2.05, 4.69) is 22.2 Å². The summed E-state index contributed by atoms with van der Waals surface area (Å²) >= 11 is 1.58. The molecule has 0 bridgehead atoms. The van der Waals surface area contributed by atoms with Gasteiger partial charge < -0.3 is 5.32 Å². The van der Waals surface area contributed by atoms with Crippen molar-refractivity contribution >= 4 is 27.4 Å². The van der Waals surface area contributed by atoms with Crippen LogP contribution in [0.25, 0.3) is 10.2 Å². The summed E-state index contributed by atoms with van der Waals surface area (Å²) in [4.78, 5) is 10.0. The van der Waals surface area contributed by atoms with E-state index in [0.29, 0.717) is 17.8 Å². The van der Waals surface area contributed by atoms with Gasteiger partial charge in [-0.25, -0.2) is 14.4 Å². The monoisotopic (exact) mass is 301 g/mol. The van der Waals surface area contributed by atoms with Gasteiger partial charge in [-0.2, -0.15) is 0 Å². The van der Waals surface area contributed by atoms with Gasteiger partial charge in [-0.1, -0.05) is 25.1 Å². The van der Waals surface area contributed by atoms with E-state index in [-0.39, 0.29) is 5.82 Å². The van der Waals surface area contributed by atoms with Crippen molar-refractivity contribution in [1.82, 2.24) is 9.97 Å². The average molecular weight is 301 g/mol. The number of fused-ring (bicyclic) bond motifs is 1. The molecule has 21 heavy (non-hydrogen) atoms. The van der Waals surface area contributed by atoms with Crippen LogP contribution in [0, 0.1) is 5.82 Å². The van der Waals surface area contributed by atoms with Crippen LogP contribution >= 0.6 is 11.3 Å². The Hall–Kier alpha value is -2.01. The Morgan fingerprint density at radius 1 is 1.19 bits per heavy atom. The smallest absolute Gasteiger partial charge is 0.138 e. The number of aromatic nitrogens is 2. The third-order valence-electron chi connectivity index (χ3n) is 3.22. The fraction of sp³-hybridized carbons (Fsp3) is 0.250. The predicted molar refractivity (Wildman–Crippen MR) is 85.4 cm³/mol. The number of hydrogen-bond donors (Lipinski definition) is 1. The van der Waals surface area contributed by atoms with Gasteiger partial charge in [0.15, 0.2) is 0 Å². The lowest BCUT2D eigenvalue weighted by molar-refractivity contribution is 0.612. The van der Waals surface area contributed by atoms with Gasteiger partial charge >= 0.3 is 0 Å². The van der Waals surface area contributed by atoms with E-state index >= 15 is 0 Å². The number of nitrogens with zero attached hydrogens (tertiary/aromatic N) is 2. The molecule has 0 atom stereocenters. The number of rotatable bonds is 5. The van der Waals surface area contributed by atoms with Gasteiger partial charge in [0.1, 0.15) is 22.3 Å². The van der Waals surface area contributed by atoms with Gasteiger partial charge in [-0.15, -0.1) is 11.3 Å². The lowest BCUT2D eigenvalue weighted by atomic mass is 10.1. The molecule has 0 aliphatic carbocycles. The Balaban J connectivity index is 1.97. The van der Waals surface area contributed by atoms with Crippen LogP contribution in [-0.2, 0) is 6.42 Å². The molecule has 0 unspecified atom stereocenters. The van der Waals surface area contributed by atoms with Crippen molar-refractivity contribution in [3.05, 3.63) is 52.9 Å². The first-order valence-corrected chi connectivity index (χ1v) is 7.87. The normalized spacial score (nSPS) is 11.0. The van der Waals surface area contributed by atoms with Gasteiger partial charge in [0, 0.05) is 13.0 Å². The summed E-state index contributed by atoms with van der Waals surface area (Å²) in [5.41, 5.74) is 0.620. The number of benzene rings is 1. The molecule has 0 amide bonds. The molecule has 1 aromatic carbocycles. The first kappa shape index (κ1) is 13.9. The Bertz CT molecular complexity index is 754. The van der Waals surface area contributed by atoms with E-state index < -0.39 is 0 Å². The van der Waals surface area contributed by atoms with Crippen molar-refractivity contribution in [2.24, 2.45) is 0 Å². The van der Waals surface area contributed by atoms with E-state index in [9.17, 15) is 4.39 Å². The summed E-state index contributed by atoms with van der Waals surface area (Å²) in [6.45, 7) is 2.97. The molecule has 5 heteroatoms. The van der Waals surface area contributed by atoms with Crippen LogP contribution in [0.4, 0.5) is 10.2 Å². The van der Waals surface area contributed by atoms with E-state index in [1.807, 2.05) is 17.5 Å². The molecular formula is C16H16FN3S. The number of nitrogens with one attached hydrogen (secondary N) is 1. The average Bonchev–Trinajstić information content (AvgIpc) is 2.95. The molecule has 0 radical (unpaired) electrons. The molecule has 2 heterocycles. The van der Waals surface area contributed by atoms with E-state index in [0.717, 1.165) is 29.0 Å². The zero-order chi connectivity index (χ0) is 14.7. The molecule has 0 fully saturated rings. The van der Waals surface area contributed by atoms with Gasteiger partial charge in [-0.3, -0.25) is 0 Å². The lowest BCUT2D eigenvalue weighted by Gasteiger charge is -2.08. The highest BCUT2D eigenvalue weighted by Crippen LogP contribution is 2.26. The minimum atomic E-state index is -0.213. The van der Waals surface area contributed by atoms with Crippen LogP contribution in [-0.4, -0.2) is 16.5 Å². The lowest BCUT2D eigenvalue weighted by Crippen LogP contribution is -2.06. The van der Waals surface area contributed by atoms with Crippen molar-refractivity contribution in [2.45, 2.75) is 19.8 Å². The zero-order valence-corrected chi connectivity index (χ0v) is 12.6. The molecular weight excluding hydrogens is 285 g/mol. The maximum Gasteiger partial charge on any atom is 0.138 e. The molecule has 3 nitrogen and oxygen atoms in total. The molecule has 0 aliphatic rings. The predicted octanol–water partition coefficient (Wildman–Crippen LogP) is 4.24. The Kier molecular flexibility index (Phi) is 4.10. The highest BCUT2D eigenvalue weighted by Gasteiger charge is 2.10. The fourth-order valence-electron chi connectivity index (χ4n) is 2.17. The number of thiophene rings is 1. The largest absolute Gasteiger partial charge is 0.369 e. The van der Waals surface area contributed by atoms with E-state index in [1.165, 1.54) is 6.07 Å². The van der Waals surface area contributed by atoms with Crippen LogP contribution in [0.3, 0.4) is 0 Å².